The molecule has 0 N–H and O–H groups in total. The summed E-state index contributed by atoms with van der Waals surface area (Å²) in [5, 5.41) is 0. The van der Waals surface area contributed by atoms with Gasteiger partial charge in [0.1, 0.15) is 6.29 Å². The van der Waals surface area contributed by atoms with Crippen LogP contribution in [0, 0.1) is 5.92 Å². The van der Waals surface area contributed by atoms with Gasteiger partial charge in [0.2, 0.25) is 0 Å². The molecule has 0 aromatic carbocycles. The average Bonchev–Trinajstić information content (AvgIpc) is 2.04. The molecule has 1 atom stereocenters. The highest BCUT2D eigenvalue weighted by Gasteiger charge is 1.98. The van der Waals surface area contributed by atoms with E-state index in [2.05, 4.69) is 19.9 Å². The Bertz CT molecular complexity index is 147. The van der Waals surface area contributed by atoms with Crippen molar-refractivity contribution in [2.24, 2.45) is 5.92 Å². The first-order valence-electron chi connectivity index (χ1n) is 4.81. The Kier molecular flexibility index (Phi) is 6.73. The van der Waals surface area contributed by atoms with E-state index in [1.165, 1.54) is 5.57 Å². The zero-order chi connectivity index (χ0) is 9.40. The highest BCUT2D eigenvalue weighted by atomic mass is 16.1. The number of allylic oxidation sites excluding steroid dienone is 2. The van der Waals surface area contributed by atoms with Gasteiger partial charge >= 0.3 is 0 Å². The summed E-state index contributed by atoms with van der Waals surface area (Å²) in [7, 11) is 0. The minimum absolute atomic E-state index is 0.236. The molecule has 0 aliphatic heterocycles. The second-order valence-corrected chi connectivity index (χ2v) is 3.46. The van der Waals surface area contributed by atoms with E-state index in [9.17, 15) is 4.79 Å². The van der Waals surface area contributed by atoms with Gasteiger partial charge in [0, 0.05) is 5.92 Å². The van der Waals surface area contributed by atoms with E-state index in [0.717, 1.165) is 32.0 Å². The van der Waals surface area contributed by atoms with Gasteiger partial charge in [0.15, 0.2) is 0 Å². The Morgan fingerprint density at radius 1 is 1.50 bits per heavy atom. The van der Waals surface area contributed by atoms with Gasteiger partial charge in [-0.15, -0.1) is 0 Å². The van der Waals surface area contributed by atoms with Gasteiger partial charge in [0.25, 0.3) is 0 Å². The molecule has 0 heterocycles. The van der Waals surface area contributed by atoms with E-state index in [1.807, 2.05) is 6.92 Å². The van der Waals surface area contributed by atoms with Crippen LogP contribution < -0.4 is 0 Å². The Morgan fingerprint density at radius 3 is 2.67 bits per heavy atom. The molecule has 0 rings (SSSR count). The molecule has 0 bridgehead atoms. The number of rotatable bonds is 6. The fourth-order valence-electron chi connectivity index (χ4n) is 1.22. The summed E-state index contributed by atoms with van der Waals surface area (Å²) in [6, 6.07) is 0. The van der Waals surface area contributed by atoms with Crippen LogP contribution in [-0.4, -0.2) is 6.29 Å². The number of carbonyl (C=O) groups is 1. The van der Waals surface area contributed by atoms with Crippen LogP contribution >= 0.6 is 0 Å². The summed E-state index contributed by atoms with van der Waals surface area (Å²) in [5.74, 6) is 0.236. The molecule has 0 radical (unpaired) electrons. The number of hydrogen-bond donors (Lipinski definition) is 0. The molecule has 1 nitrogen and oxygen atoms in total. The van der Waals surface area contributed by atoms with E-state index in [-0.39, 0.29) is 5.92 Å². The number of carbonyl (C=O) groups excluding carboxylic acids is 1. The van der Waals surface area contributed by atoms with Crippen molar-refractivity contribution in [1.29, 1.82) is 0 Å². The molecule has 12 heavy (non-hydrogen) atoms. The minimum Gasteiger partial charge on any atom is -0.303 e. The lowest BCUT2D eigenvalue weighted by atomic mass is 10.0. The molecule has 1 unspecified atom stereocenters. The fraction of sp³-hybridized carbons (Fsp3) is 0.727. The van der Waals surface area contributed by atoms with Crippen molar-refractivity contribution in [2.45, 2.75) is 46.5 Å². The zero-order valence-corrected chi connectivity index (χ0v) is 8.47. The van der Waals surface area contributed by atoms with Crippen molar-refractivity contribution in [1.82, 2.24) is 0 Å². The van der Waals surface area contributed by atoms with Crippen LogP contribution in [0.15, 0.2) is 11.6 Å². The molecule has 0 saturated carbocycles. The quantitative estimate of drug-likeness (QED) is 0.439. The third kappa shape index (κ3) is 6.14. The van der Waals surface area contributed by atoms with Crippen LogP contribution in [0.2, 0.25) is 0 Å². The molecule has 0 aliphatic carbocycles. The molecule has 0 aromatic heterocycles. The maximum atomic E-state index is 10.3. The van der Waals surface area contributed by atoms with Gasteiger partial charge in [0.05, 0.1) is 0 Å². The molecule has 0 aromatic rings. The molecular weight excluding hydrogens is 148 g/mol. The fourth-order valence-corrected chi connectivity index (χ4v) is 1.22. The van der Waals surface area contributed by atoms with Crippen molar-refractivity contribution >= 4 is 6.29 Å². The summed E-state index contributed by atoms with van der Waals surface area (Å²) in [4.78, 5) is 10.3. The predicted octanol–water partition coefficient (Wildman–Crippen LogP) is 3.35. The number of hydrogen-bond acceptors (Lipinski definition) is 1. The van der Waals surface area contributed by atoms with Crippen LogP contribution in [0.3, 0.4) is 0 Å². The van der Waals surface area contributed by atoms with Crippen LogP contribution in [-0.2, 0) is 4.79 Å². The maximum Gasteiger partial charge on any atom is 0.122 e. The largest absolute Gasteiger partial charge is 0.303 e. The van der Waals surface area contributed by atoms with Crippen molar-refractivity contribution < 1.29 is 4.79 Å². The highest BCUT2D eigenvalue weighted by Crippen LogP contribution is 2.11. The summed E-state index contributed by atoms with van der Waals surface area (Å²) in [6.07, 6.45) is 7.73. The van der Waals surface area contributed by atoms with Gasteiger partial charge in [-0.3, -0.25) is 0 Å². The molecular formula is C11H20O. The third-order valence-corrected chi connectivity index (χ3v) is 2.02. The summed E-state index contributed by atoms with van der Waals surface area (Å²) >= 11 is 0. The van der Waals surface area contributed by atoms with Gasteiger partial charge in [-0.05, 0) is 32.6 Å². The molecule has 0 aliphatic rings. The van der Waals surface area contributed by atoms with Gasteiger partial charge in [-0.25, -0.2) is 0 Å². The lowest BCUT2D eigenvalue weighted by Gasteiger charge is -2.03. The van der Waals surface area contributed by atoms with Crippen LogP contribution in [0.1, 0.15) is 46.5 Å². The lowest BCUT2D eigenvalue weighted by Crippen LogP contribution is -1.95. The van der Waals surface area contributed by atoms with E-state index >= 15 is 0 Å². The summed E-state index contributed by atoms with van der Waals surface area (Å²) < 4.78 is 0. The van der Waals surface area contributed by atoms with E-state index in [0.29, 0.717) is 0 Å². The second-order valence-electron chi connectivity index (χ2n) is 3.46. The Labute approximate surface area is 75.9 Å². The van der Waals surface area contributed by atoms with E-state index in [4.69, 9.17) is 0 Å². The Morgan fingerprint density at radius 2 is 2.17 bits per heavy atom. The average molecular weight is 168 g/mol. The summed E-state index contributed by atoms with van der Waals surface area (Å²) in [5.41, 5.74) is 1.45. The molecule has 0 saturated heterocycles. The highest BCUT2D eigenvalue weighted by molar-refractivity contribution is 5.52. The Hall–Kier alpha value is -0.590. The van der Waals surface area contributed by atoms with Crippen molar-refractivity contribution in [3.63, 3.8) is 0 Å². The topological polar surface area (TPSA) is 17.1 Å². The molecule has 1 heteroatoms. The third-order valence-electron chi connectivity index (χ3n) is 2.02. The smallest absolute Gasteiger partial charge is 0.122 e. The van der Waals surface area contributed by atoms with Crippen molar-refractivity contribution in [3.8, 4) is 0 Å². The zero-order valence-electron chi connectivity index (χ0n) is 8.47. The van der Waals surface area contributed by atoms with Crippen molar-refractivity contribution in [2.75, 3.05) is 0 Å². The van der Waals surface area contributed by atoms with Gasteiger partial charge < -0.3 is 4.79 Å². The minimum atomic E-state index is 0.236. The van der Waals surface area contributed by atoms with Crippen LogP contribution in [0.25, 0.3) is 0 Å². The first-order valence-corrected chi connectivity index (χ1v) is 4.81. The first-order chi connectivity index (χ1) is 5.70. The van der Waals surface area contributed by atoms with Gasteiger partial charge in [-0.1, -0.05) is 25.5 Å². The monoisotopic (exact) mass is 168 g/mol. The first kappa shape index (κ1) is 11.4. The van der Waals surface area contributed by atoms with Crippen molar-refractivity contribution in [3.05, 3.63) is 11.6 Å². The Balaban J connectivity index is 3.42. The standard InChI is InChI=1S/C11H20O/c1-4-6-10(2)7-5-8-11(3)9-12/h6,9,11H,4-5,7-8H2,1-3H3. The normalized spacial score (nSPS) is 14.4. The SMILES string of the molecule is CCC=C(C)CCCC(C)C=O. The molecule has 70 valence electrons. The molecule has 0 spiro atoms. The van der Waals surface area contributed by atoms with E-state index in [1.54, 1.807) is 0 Å². The molecule has 0 fully saturated rings. The van der Waals surface area contributed by atoms with Crippen LogP contribution in [0.5, 0.6) is 0 Å². The summed E-state index contributed by atoms with van der Waals surface area (Å²) in [6.45, 7) is 6.29. The van der Waals surface area contributed by atoms with Crippen LogP contribution in [0.4, 0.5) is 0 Å². The van der Waals surface area contributed by atoms with E-state index < -0.39 is 0 Å². The predicted molar refractivity (Wildman–Crippen MR) is 53.1 cm³/mol. The lowest BCUT2D eigenvalue weighted by molar-refractivity contribution is -0.110. The maximum absolute atomic E-state index is 10.3. The van der Waals surface area contributed by atoms with Gasteiger partial charge in [-0.2, -0.15) is 0 Å². The second kappa shape index (κ2) is 7.08. The number of aldehydes is 1. The molecule has 0 amide bonds.